The van der Waals surface area contributed by atoms with E-state index in [2.05, 4.69) is 0 Å². The number of Topliss-reactive ketones (excluding diaryl/α,β-unsaturated/α-hetero) is 1. The molecule has 2 atom stereocenters. The minimum Gasteiger partial charge on any atom is -0.384 e. The Bertz CT molecular complexity index is 316. The lowest BCUT2D eigenvalue weighted by molar-refractivity contribution is -0.136. The molecule has 1 aliphatic carbocycles. The van der Waals surface area contributed by atoms with Crippen LogP contribution in [0.4, 0.5) is 0 Å². The van der Waals surface area contributed by atoms with Crippen molar-refractivity contribution in [2.24, 2.45) is 5.92 Å². The quantitative estimate of drug-likeness (QED) is 0.767. The van der Waals surface area contributed by atoms with E-state index in [1.165, 1.54) is 0 Å². The van der Waals surface area contributed by atoms with Crippen molar-refractivity contribution in [2.45, 2.75) is 51.0 Å². The average molecular weight is 253 g/mol. The van der Waals surface area contributed by atoms with Crippen molar-refractivity contribution in [1.29, 1.82) is 0 Å². The van der Waals surface area contributed by atoms with Crippen molar-refractivity contribution in [3.8, 4) is 0 Å². The van der Waals surface area contributed by atoms with Gasteiger partial charge in [-0.05, 0) is 25.7 Å². The Hall–Kier alpha value is -0.900. The normalized spacial score (nSPS) is 28.7. The van der Waals surface area contributed by atoms with Gasteiger partial charge in [0.05, 0.1) is 13.0 Å². The second-order valence-electron chi connectivity index (χ2n) is 5.36. The maximum Gasteiger partial charge on any atom is 0.225 e. The maximum atomic E-state index is 12.1. The molecule has 0 aromatic carbocycles. The number of ether oxygens (including phenoxy) is 1. The van der Waals surface area contributed by atoms with E-state index in [1.54, 1.807) is 7.11 Å². The lowest BCUT2D eigenvalue weighted by Gasteiger charge is -2.33. The molecule has 18 heavy (non-hydrogen) atoms. The predicted molar refractivity (Wildman–Crippen MR) is 68.2 cm³/mol. The monoisotopic (exact) mass is 253 g/mol. The van der Waals surface area contributed by atoms with Crippen LogP contribution >= 0.6 is 0 Å². The van der Waals surface area contributed by atoms with Crippen LogP contribution < -0.4 is 0 Å². The molecule has 0 aromatic rings. The summed E-state index contributed by atoms with van der Waals surface area (Å²) in [5.41, 5.74) is 0. The molecule has 0 spiro atoms. The van der Waals surface area contributed by atoms with Crippen LogP contribution in [0.2, 0.25) is 0 Å². The summed E-state index contributed by atoms with van der Waals surface area (Å²) in [5, 5.41) is 0. The SMILES string of the molecule is COCCC(=O)N1CCCC1C1CCCCC1=O. The fraction of sp³-hybridized carbons (Fsp3) is 0.857. The lowest BCUT2D eigenvalue weighted by Crippen LogP contribution is -2.44. The molecule has 1 saturated carbocycles. The molecule has 4 heteroatoms. The summed E-state index contributed by atoms with van der Waals surface area (Å²) in [4.78, 5) is 26.0. The van der Waals surface area contributed by atoms with Gasteiger partial charge in [0.2, 0.25) is 5.91 Å². The van der Waals surface area contributed by atoms with Gasteiger partial charge in [0.25, 0.3) is 0 Å². The van der Waals surface area contributed by atoms with Crippen LogP contribution in [0.3, 0.4) is 0 Å². The topological polar surface area (TPSA) is 46.6 Å². The van der Waals surface area contributed by atoms with Crippen LogP contribution in [-0.4, -0.2) is 42.9 Å². The van der Waals surface area contributed by atoms with Gasteiger partial charge < -0.3 is 9.64 Å². The molecule has 1 aliphatic heterocycles. The van der Waals surface area contributed by atoms with Gasteiger partial charge in [-0.1, -0.05) is 6.42 Å². The number of hydrogen-bond acceptors (Lipinski definition) is 3. The van der Waals surface area contributed by atoms with Crippen LogP contribution in [-0.2, 0) is 14.3 Å². The van der Waals surface area contributed by atoms with E-state index in [9.17, 15) is 9.59 Å². The average Bonchev–Trinajstić information content (AvgIpc) is 2.85. The summed E-state index contributed by atoms with van der Waals surface area (Å²) in [6.07, 6.45) is 6.31. The number of carbonyl (C=O) groups excluding carboxylic acids is 2. The zero-order valence-electron chi connectivity index (χ0n) is 11.2. The first-order valence-electron chi connectivity index (χ1n) is 7.05. The second kappa shape index (κ2) is 6.32. The Morgan fingerprint density at radius 1 is 1.33 bits per heavy atom. The molecule has 1 heterocycles. The number of methoxy groups -OCH3 is 1. The Morgan fingerprint density at radius 3 is 2.89 bits per heavy atom. The summed E-state index contributed by atoms with van der Waals surface area (Å²) in [5.74, 6) is 0.628. The van der Waals surface area contributed by atoms with Gasteiger partial charge in [-0.2, -0.15) is 0 Å². The highest BCUT2D eigenvalue weighted by atomic mass is 16.5. The Labute approximate surface area is 109 Å². The third-order valence-corrected chi connectivity index (χ3v) is 4.21. The molecule has 0 aromatic heterocycles. The summed E-state index contributed by atoms with van der Waals surface area (Å²) >= 11 is 0. The molecule has 2 aliphatic rings. The van der Waals surface area contributed by atoms with Crippen molar-refractivity contribution in [3.05, 3.63) is 0 Å². The lowest BCUT2D eigenvalue weighted by atomic mass is 9.82. The van der Waals surface area contributed by atoms with Crippen molar-refractivity contribution in [2.75, 3.05) is 20.3 Å². The van der Waals surface area contributed by atoms with E-state index in [4.69, 9.17) is 4.74 Å². The molecule has 4 nitrogen and oxygen atoms in total. The van der Waals surface area contributed by atoms with Gasteiger partial charge in [-0.15, -0.1) is 0 Å². The first kappa shape index (κ1) is 13.5. The molecule has 0 bridgehead atoms. The first-order valence-corrected chi connectivity index (χ1v) is 7.05. The van der Waals surface area contributed by atoms with E-state index in [-0.39, 0.29) is 17.9 Å². The minimum absolute atomic E-state index is 0.104. The number of amides is 1. The summed E-state index contributed by atoms with van der Waals surface area (Å²) in [7, 11) is 1.61. The molecular weight excluding hydrogens is 230 g/mol. The number of ketones is 1. The number of likely N-dealkylation sites (tertiary alicyclic amines) is 1. The molecule has 102 valence electrons. The molecule has 2 unspecified atom stereocenters. The molecular formula is C14H23NO3. The number of rotatable bonds is 4. The molecule has 1 saturated heterocycles. The van der Waals surface area contributed by atoms with Gasteiger partial charge in [0, 0.05) is 32.0 Å². The van der Waals surface area contributed by atoms with Gasteiger partial charge in [-0.25, -0.2) is 0 Å². The minimum atomic E-state index is 0.104. The highest BCUT2D eigenvalue weighted by Crippen LogP contribution is 2.32. The van der Waals surface area contributed by atoms with Gasteiger partial charge >= 0.3 is 0 Å². The maximum absolute atomic E-state index is 12.1. The summed E-state index contributed by atoms with van der Waals surface area (Å²) in [6.45, 7) is 1.29. The molecule has 0 radical (unpaired) electrons. The van der Waals surface area contributed by atoms with Crippen LogP contribution in [0.1, 0.15) is 44.9 Å². The highest BCUT2D eigenvalue weighted by Gasteiger charge is 2.38. The molecule has 2 fully saturated rings. The third kappa shape index (κ3) is 2.91. The van der Waals surface area contributed by atoms with Crippen molar-refractivity contribution < 1.29 is 14.3 Å². The Kier molecular flexibility index (Phi) is 4.75. The van der Waals surface area contributed by atoms with E-state index in [0.29, 0.717) is 25.2 Å². The Morgan fingerprint density at radius 2 is 2.17 bits per heavy atom. The van der Waals surface area contributed by atoms with Crippen LogP contribution in [0.25, 0.3) is 0 Å². The van der Waals surface area contributed by atoms with Crippen molar-refractivity contribution >= 4 is 11.7 Å². The van der Waals surface area contributed by atoms with E-state index >= 15 is 0 Å². The fourth-order valence-corrected chi connectivity index (χ4v) is 3.27. The fourth-order valence-electron chi connectivity index (χ4n) is 3.27. The smallest absolute Gasteiger partial charge is 0.225 e. The standard InChI is InChI=1S/C14H23NO3/c1-18-10-8-14(17)15-9-4-6-12(15)11-5-2-3-7-13(11)16/h11-12H,2-10H2,1H3. The molecule has 1 amide bonds. The van der Waals surface area contributed by atoms with Crippen molar-refractivity contribution in [1.82, 2.24) is 4.90 Å². The molecule has 2 rings (SSSR count). The van der Waals surface area contributed by atoms with Crippen LogP contribution in [0.5, 0.6) is 0 Å². The largest absolute Gasteiger partial charge is 0.384 e. The zero-order valence-corrected chi connectivity index (χ0v) is 11.2. The number of hydrogen-bond donors (Lipinski definition) is 0. The van der Waals surface area contributed by atoms with Crippen LogP contribution in [0.15, 0.2) is 0 Å². The number of nitrogens with zero attached hydrogens (tertiary/aromatic N) is 1. The second-order valence-corrected chi connectivity index (χ2v) is 5.36. The number of carbonyl (C=O) groups is 2. The van der Waals surface area contributed by atoms with Gasteiger partial charge in [0.15, 0.2) is 0 Å². The van der Waals surface area contributed by atoms with E-state index < -0.39 is 0 Å². The van der Waals surface area contributed by atoms with Gasteiger partial charge in [-0.3, -0.25) is 9.59 Å². The van der Waals surface area contributed by atoms with Crippen LogP contribution in [0, 0.1) is 5.92 Å². The van der Waals surface area contributed by atoms with Gasteiger partial charge in [0.1, 0.15) is 5.78 Å². The van der Waals surface area contributed by atoms with E-state index in [1.807, 2.05) is 4.90 Å². The third-order valence-electron chi connectivity index (χ3n) is 4.21. The summed E-state index contributed by atoms with van der Waals surface area (Å²) in [6, 6.07) is 0.169. The zero-order chi connectivity index (χ0) is 13.0. The highest BCUT2D eigenvalue weighted by molar-refractivity contribution is 5.84. The first-order chi connectivity index (χ1) is 8.74. The predicted octanol–water partition coefficient (Wildman–Crippen LogP) is 1.77. The van der Waals surface area contributed by atoms with E-state index in [0.717, 1.165) is 38.6 Å². The summed E-state index contributed by atoms with van der Waals surface area (Å²) < 4.78 is 4.96. The Balaban J connectivity index is 1.97. The van der Waals surface area contributed by atoms with Crippen molar-refractivity contribution in [3.63, 3.8) is 0 Å². The molecule has 0 N–H and O–H groups in total.